The molecule has 0 aliphatic rings. The molecule has 1 heterocycles. The second-order valence-electron chi connectivity index (χ2n) is 5.76. The van der Waals surface area contributed by atoms with E-state index in [1.165, 1.54) is 5.56 Å². The fraction of sp³-hybridized carbons (Fsp3) is 0.0476. The van der Waals surface area contributed by atoms with E-state index in [0.717, 1.165) is 32.5 Å². The lowest BCUT2D eigenvalue weighted by atomic mass is 10.2. The Morgan fingerprint density at radius 3 is 2.27 bits per heavy atom. The molecule has 26 heavy (non-hydrogen) atoms. The minimum absolute atomic E-state index is 0.833. The first-order chi connectivity index (χ1) is 12.8. The van der Waals surface area contributed by atoms with E-state index in [9.17, 15) is 0 Å². The van der Waals surface area contributed by atoms with Crippen LogP contribution in [0.5, 0.6) is 0 Å². The highest BCUT2D eigenvalue weighted by atomic mass is 79.9. The number of hydrogen-bond acceptors (Lipinski definition) is 3. The summed E-state index contributed by atoms with van der Waals surface area (Å²) in [4.78, 5) is 0. The standard InChI is InChI=1S/C21H16BrN3S/c22-18-11-7-8-16(14-18)15-26-21-24-23-20(17-9-3-1-4-10-17)25(21)19-12-5-2-6-13-19/h1-14H,15H2. The van der Waals surface area contributed by atoms with Crippen molar-refractivity contribution in [2.24, 2.45) is 0 Å². The van der Waals surface area contributed by atoms with Gasteiger partial charge in [-0.3, -0.25) is 4.57 Å². The summed E-state index contributed by atoms with van der Waals surface area (Å²) in [5.41, 5.74) is 3.36. The predicted octanol–water partition coefficient (Wildman–Crippen LogP) is 5.99. The van der Waals surface area contributed by atoms with Crippen LogP contribution in [-0.2, 0) is 5.75 Å². The third-order valence-corrected chi connectivity index (χ3v) is 5.43. The molecule has 0 amide bonds. The summed E-state index contributed by atoms with van der Waals surface area (Å²) in [6, 6.07) is 28.8. The van der Waals surface area contributed by atoms with Gasteiger partial charge in [-0.15, -0.1) is 10.2 Å². The van der Waals surface area contributed by atoms with E-state index in [1.54, 1.807) is 11.8 Å². The predicted molar refractivity (Wildman–Crippen MR) is 110 cm³/mol. The van der Waals surface area contributed by atoms with Crippen molar-refractivity contribution in [3.8, 4) is 17.1 Å². The molecule has 0 bridgehead atoms. The summed E-state index contributed by atoms with van der Waals surface area (Å²) < 4.78 is 3.21. The van der Waals surface area contributed by atoms with Crippen LogP contribution in [0.25, 0.3) is 17.1 Å². The quantitative estimate of drug-likeness (QED) is 0.370. The highest BCUT2D eigenvalue weighted by Gasteiger charge is 2.15. The Morgan fingerprint density at radius 2 is 1.54 bits per heavy atom. The molecule has 4 rings (SSSR count). The van der Waals surface area contributed by atoms with Crippen molar-refractivity contribution in [3.63, 3.8) is 0 Å². The van der Waals surface area contributed by atoms with E-state index in [1.807, 2.05) is 42.5 Å². The van der Waals surface area contributed by atoms with Gasteiger partial charge in [0.15, 0.2) is 11.0 Å². The van der Waals surface area contributed by atoms with Crippen molar-refractivity contribution < 1.29 is 0 Å². The molecule has 0 radical (unpaired) electrons. The van der Waals surface area contributed by atoms with Crippen LogP contribution in [0.4, 0.5) is 0 Å². The normalized spacial score (nSPS) is 10.8. The lowest BCUT2D eigenvalue weighted by molar-refractivity contribution is 0.886. The lowest BCUT2D eigenvalue weighted by Crippen LogP contribution is -1.99. The maximum Gasteiger partial charge on any atom is 0.196 e. The highest BCUT2D eigenvalue weighted by Crippen LogP contribution is 2.30. The van der Waals surface area contributed by atoms with Crippen molar-refractivity contribution in [2.45, 2.75) is 10.9 Å². The SMILES string of the molecule is Brc1cccc(CSc2nnc(-c3ccccc3)n2-c2ccccc2)c1. The Bertz CT molecular complexity index is 1000. The third-order valence-electron chi connectivity index (χ3n) is 3.94. The summed E-state index contributed by atoms with van der Waals surface area (Å²) in [6.45, 7) is 0. The highest BCUT2D eigenvalue weighted by molar-refractivity contribution is 9.10. The second kappa shape index (κ2) is 7.89. The third kappa shape index (κ3) is 3.74. The maximum atomic E-state index is 4.48. The Kier molecular flexibility index (Phi) is 5.18. The number of para-hydroxylation sites is 1. The second-order valence-corrected chi connectivity index (χ2v) is 7.62. The molecule has 0 atom stereocenters. The summed E-state index contributed by atoms with van der Waals surface area (Å²) in [5.74, 6) is 1.69. The molecule has 4 aromatic rings. The van der Waals surface area contributed by atoms with Gasteiger partial charge in [0.1, 0.15) is 0 Å². The fourth-order valence-corrected chi connectivity index (χ4v) is 4.06. The van der Waals surface area contributed by atoms with E-state index in [2.05, 4.69) is 73.2 Å². The Labute approximate surface area is 165 Å². The van der Waals surface area contributed by atoms with Crippen molar-refractivity contribution in [3.05, 3.63) is 95.0 Å². The summed E-state index contributed by atoms with van der Waals surface area (Å²) in [6.07, 6.45) is 0. The van der Waals surface area contributed by atoms with Crippen molar-refractivity contribution in [1.29, 1.82) is 0 Å². The molecule has 0 aliphatic heterocycles. The lowest BCUT2D eigenvalue weighted by Gasteiger charge is -2.10. The van der Waals surface area contributed by atoms with Gasteiger partial charge in [0, 0.05) is 21.5 Å². The van der Waals surface area contributed by atoms with Crippen LogP contribution >= 0.6 is 27.7 Å². The molecule has 128 valence electrons. The minimum Gasteiger partial charge on any atom is -0.270 e. The molecule has 0 fully saturated rings. The largest absolute Gasteiger partial charge is 0.270 e. The van der Waals surface area contributed by atoms with Gasteiger partial charge in [0.2, 0.25) is 0 Å². The van der Waals surface area contributed by atoms with Crippen LogP contribution in [0.1, 0.15) is 5.56 Å². The Hall–Kier alpha value is -2.37. The summed E-state index contributed by atoms with van der Waals surface area (Å²) in [5, 5.41) is 9.83. The zero-order valence-corrected chi connectivity index (χ0v) is 16.3. The summed E-state index contributed by atoms with van der Waals surface area (Å²) in [7, 11) is 0. The average Bonchev–Trinajstić information content (AvgIpc) is 3.12. The first kappa shape index (κ1) is 17.1. The number of aromatic nitrogens is 3. The molecular formula is C21H16BrN3S. The van der Waals surface area contributed by atoms with Gasteiger partial charge in [0.05, 0.1) is 0 Å². The van der Waals surface area contributed by atoms with Crippen molar-refractivity contribution >= 4 is 27.7 Å². The van der Waals surface area contributed by atoms with Gasteiger partial charge in [-0.25, -0.2) is 0 Å². The fourth-order valence-electron chi connectivity index (χ4n) is 2.72. The van der Waals surface area contributed by atoms with Gasteiger partial charge >= 0.3 is 0 Å². The van der Waals surface area contributed by atoms with Gasteiger partial charge in [-0.1, -0.05) is 88.4 Å². The van der Waals surface area contributed by atoms with E-state index in [4.69, 9.17) is 0 Å². The van der Waals surface area contributed by atoms with Crippen LogP contribution < -0.4 is 0 Å². The smallest absolute Gasteiger partial charge is 0.196 e. The molecule has 3 aromatic carbocycles. The number of benzene rings is 3. The first-order valence-electron chi connectivity index (χ1n) is 8.25. The topological polar surface area (TPSA) is 30.7 Å². The van der Waals surface area contributed by atoms with Crippen LogP contribution in [-0.4, -0.2) is 14.8 Å². The Morgan fingerprint density at radius 1 is 0.808 bits per heavy atom. The zero-order valence-electron chi connectivity index (χ0n) is 13.9. The van der Waals surface area contributed by atoms with Crippen molar-refractivity contribution in [2.75, 3.05) is 0 Å². The van der Waals surface area contributed by atoms with Crippen LogP contribution in [0.15, 0.2) is 94.6 Å². The molecule has 0 saturated heterocycles. The monoisotopic (exact) mass is 421 g/mol. The number of nitrogens with zero attached hydrogens (tertiary/aromatic N) is 3. The summed E-state index contributed by atoms with van der Waals surface area (Å²) >= 11 is 5.22. The van der Waals surface area contributed by atoms with Crippen molar-refractivity contribution in [1.82, 2.24) is 14.8 Å². The van der Waals surface area contributed by atoms with Gasteiger partial charge in [0.25, 0.3) is 0 Å². The molecule has 0 saturated carbocycles. The first-order valence-corrected chi connectivity index (χ1v) is 10.0. The molecule has 3 nitrogen and oxygen atoms in total. The Balaban J connectivity index is 1.72. The molecule has 5 heteroatoms. The molecule has 0 unspecified atom stereocenters. The molecule has 0 N–H and O–H groups in total. The minimum atomic E-state index is 0.833. The van der Waals surface area contributed by atoms with E-state index >= 15 is 0 Å². The zero-order chi connectivity index (χ0) is 17.8. The number of hydrogen-bond donors (Lipinski definition) is 0. The van der Waals surface area contributed by atoms with Crippen LogP contribution in [0.2, 0.25) is 0 Å². The van der Waals surface area contributed by atoms with E-state index in [0.29, 0.717) is 0 Å². The maximum absolute atomic E-state index is 4.48. The van der Waals surface area contributed by atoms with E-state index in [-0.39, 0.29) is 0 Å². The molecule has 0 aliphatic carbocycles. The molecular weight excluding hydrogens is 406 g/mol. The molecule has 0 spiro atoms. The van der Waals surface area contributed by atoms with Gasteiger partial charge in [-0.05, 0) is 29.8 Å². The van der Waals surface area contributed by atoms with Crippen LogP contribution in [0, 0.1) is 0 Å². The number of thioether (sulfide) groups is 1. The number of halogens is 1. The average molecular weight is 422 g/mol. The van der Waals surface area contributed by atoms with E-state index < -0.39 is 0 Å². The number of rotatable bonds is 5. The van der Waals surface area contributed by atoms with Gasteiger partial charge < -0.3 is 0 Å². The van der Waals surface area contributed by atoms with Gasteiger partial charge in [-0.2, -0.15) is 0 Å². The van der Waals surface area contributed by atoms with Crippen LogP contribution in [0.3, 0.4) is 0 Å². The molecule has 1 aromatic heterocycles.